The molecule has 10 aromatic carbocycles. The molecule has 3 heterocycles. The second-order valence-electron chi connectivity index (χ2n) is 19.3. The van der Waals surface area contributed by atoms with E-state index in [0.29, 0.717) is 51.0 Å². The van der Waals surface area contributed by atoms with Crippen molar-refractivity contribution in [2.75, 3.05) is 9.80 Å². The van der Waals surface area contributed by atoms with Crippen LogP contribution in [0.3, 0.4) is 0 Å². The Kier molecular flexibility index (Phi) is 9.99. The van der Waals surface area contributed by atoms with Crippen LogP contribution in [0.1, 0.15) is 71.2 Å². The molecule has 2 aromatic heterocycles. The third-order valence-corrected chi connectivity index (χ3v) is 13.8. The monoisotopic (exact) mass is 1220 g/mol. The van der Waals surface area contributed by atoms with Gasteiger partial charge in [0.1, 0.15) is 17.3 Å². The van der Waals surface area contributed by atoms with Crippen LogP contribution in [0.4, 0.5) is 22.7 Å². The number of hydrogen-bond acceptors (Lipinski definition) is 5. The maximum absolute atomic E-state index is 9.10. The summed E-state index contributed by atoms with van der Waals surface area (Å²) >= 11 is 0. The Bertz CT molecular complexity index is 4900. The molecule has 0 radical (unpaired) electrons. The van der Waals surface area contributed by atoms with E-state index in [-0.39, 0.29) is 90.0 Å². The Labute approximate surface area is 498 Å². The van der Waals surface area contributed by atoms with Crippen molar-refractivity contribution in [1.29, 1.82) is 0 Å². The average molecular weight is 1220 g/mol. The fourth-order valence-electron chi connectivity index (χ4n) is 10.0. The van der Waals surface area contributed by atoms with Crippen LogP contribution in [-0.4, -0.2) is 9.55 Å². The van der Waals surface area contributed by atoms with Gasteiger partial charge in [-0.1, -0.05) is 209 Å². The van der Waals surface area contributed by atoms with Crippen LogP contribution in [0.25, 0.3) is 72.1 Å². The molecule has 1 aliphatic rings. The maximum Gasteiger partial charge on any atom is 0.143 e. The molecule has 0 saturated heterocycles. The summed E-state index contributed by atoms with van der Waals surface area (Å²) in [5, 5.41) is 1.73. The largest absolute Gasteiger partial charge is 0.509 e. The van der Waals surface area contributed by atoms with E-state index in [2.05, 4.69) is 58.0 Å². The van der Waals surface area contributed by atoms with Gasteiger partial charge in [0.2, 0.25) is 0 Å². The van der Waals surface area contributed by atoms with Crippen LogP contribution in [0.5, 0.6) is 23.0 Å². The Morgan fingerprint density at radius 3 is 1.70 bits per heavy atom. The zero-order valence-corrected chi connectivity index (χ0v) is 45.4. The minimum absolute atomic E-state index is 0. The van der Waals surface area contributed by atoms with Crippen LogP contribution >= 0.6 is 0 Å². The molecular formula is C72H55N4O2Pt-3. The van der Waals surface area contributed by atoms with Crippen LogP contribution in [0.2, 0.25) is 0 Å². The Morgan fingerprint density at radius 1 is 0.494 bits per heavy atom. The second kappa shape index (κ2) is 21.8. The van der Waals surface area contributed by atoms with Crippen LogP contribution < -0.4 is 19.3 Å². The molecule has 6 nitrogen and oxygen atoms in total. The molecule has 0 atom stereocenters. The van der Waals surface area contributed by atoms with E-state index in [4.69, 9.17) is 35.0 Å². The molecule has 0 bridgehead atoms. The van der Waals surface area contributed by atoms with E-state index >= 15 is 0 Å². The summed E-state index contributed by atoms with van der Waals surface area (Å²) < 4.78 is 147. The van der Waals surface area contributed by atoms with Gasteiger partial charge in [-0.3, -0.25) is 0 Å². The molecule has 7 heteroatoms. The summed E-state index contributed by atoms with van der Waals surface area (Å²) in [6.07, 6.45) is 1.62. The number of para-hydroxylation sites is 5. The molecule has 1 aliphatic heterocycles. The van der Waals surface area contributed by atoms with Gasteiger partial charge in [0, 0.05) is 89.7 Å². The van der Waals surface area contributed by atoms with Gasteiger partial charge in [0.25, 0.3) is 0 Å². The van der Waals surface area contributed by atoms with Crippen molar-refractivity contribution in [1.82, 2.24) is 9.55 Å². The smallest absolute Gasteiger partial charge is 0.143 e. The Balaban J connectivity index is 0.00000848. The average Bonchev–Trinajstić information content (AvgIpc) is 0.980. The first-order valence-electron chi connectivity index (χ1n) is 33.0. The van der Waals surface area contributed by atoms with Crippen molar-refractivity contribution in [3.05, 3.63) is 272 Å². The molecule has 13 rings (SSSR count). The van der Waals surface area contributed by atoms with Gasteiger partial charge in [-0.05, 0) is 74.9 Å². The SMILES string of the molecule is [2H]c1c([2H])c([2H])c(-c2cccc(-c3cc(C(C)C)cc(C(C)C)c3)c2Oc2ccnc(-n3c4[c-]c(Oc5[c-]c(N6[CH-]N(c7c(-c8c([2H])c([2H])c([2H])c([2H])c8[2H])cccc7-c7c([2H])c([2H])c([2H])c([2H])c7[2H])c7ccccc76)ccc5)ccc4c4ccccc43)c2)c([2H])c1[2H].[Pt]. The predicted molar refractivity (Wildman–Crippen MR) is 321 cm³/mol. The molecule has 0 fully saturated rings. The number of fused-ring (bicyclic) bond motifs is 4. The predicted octanol–water partition coefficient (Wildman–Crippen LogP) is 19.7. The van der Waals surface area contributed by atoms with Gasteiger partial charge in [-0.2, -0.15) is 12.1 Å². The quantitative estimate of drug-likeness (QED) is 0.108. The van der Waals surface area contributed by atoms with E-state index in [0.717, 1.165) is 33.0 Å². The van der Waals surface area contributed by atoms with Gasteiger partial charge < -0.3 is 23.8 Å². The number of ether oxygens (including phenoxy) is 2. The van der Waals surface area contributed by atoms with E-state index in [1.165, 1.54) is 0 Å². The molecular weight excluding hydrogens is 1150 g/mol. The molecule has 0 saturated carbocycles. The van der Waals surface area contributed by atoms with Gasteiger partial charge in [-0.25, -0.2) is 4.98 Å². The van der Waals surface area contributed by atoms with E-state index in [1.807, 2.05) is 70.1 Å². The maximum atomic E-state index is 9.10. The van der Waals surface area contributed by atoms with Crippen molar-refractivity contribution in [2.24, 2.45) is 0 Å². The van der Waals surface area contributed by atoms with Gasteiger partial charge in [-0.15, -0.1) is 48.1 Å². The molecule has 0 amide bonds. The Hall–Kier alpha value is -8.96. The summed E-state index contributed by atoms with van der Waals surface area (Å²) in [6, 6.07) is 43.5. The van der Waals surface area contributed by atoms with Crippen LogP contribution in [0, 0.1) is 18.8 Å². The van der Waals surface area contributed by atoms with E-state index in [9.17, 15) is 0 Å². The van der Waals surface area contributed by atoms with Crippen molar-refractivity contribution < 1.29 is 51.1 Å². The van der Waals surface area contributed by atoms with E-state index in [1.54, 1.807) is 84.5 Å². The van der Waals surface area contributed by atoms with Gasteiger partial charge in [0.05, 0.1) is 20.6 Å². The Morgan fingerprint density at radius 2 is 1.05 bits per heavy atom. The second-order valence-corrected chi connectivity index (χ2v) is 19.3. The normalized spacial score (nSPS) is 14.7. The molecule has 0 unspecified atom stereocenters. The summed E-state index contributed by atoms with van der Waals surface area (Å²) in [4.78, 5) is 8.42. The van der Waals surface area contributed by atoms with Crippen LogP contribution in [-0.2, 0) is 21.1 Å². The number of hydrogen-bond donors (Lipinski definition) is 0. The van der Waals surface area contributed by atoms with Crippen molar-refractivity contribution in [3.63, 3.8) is 0 Å². The molecule has 0 spiro atoms. The number of aromatic nitrogens is 2. The minimum atomic E-state index is -0.593. The standard InChI is InChI=1S/C72H55N4O2.Pt/c1-48(2)53-41-54(49(3)4)43-55(42-53)63-33-20-32-62(52-25-12-7-13-26-52)72(63)78-59-39-40-73-70(46-59)76-66-34-15-14-29-64(66)65-38-37-58(45-69(65)76)77-57-28-18-27-56(44-57)74-47-75(68-36-17-16-35-67(68)74)71-60(50-21-8-5-9-22-50)30-19-31-61(71)51-23-10-6-11-24-51;/h5-43,46-49H,1-4H3;/q-3;/i5D,6D,7D,8D,9D,10D,11D,12D,13D,21D,22D,23D,24D,25D,26D;. The van der Waals surface area contributed by atoms with Crippen LogP contribution in [0.15, 0.2) is 242 Å². The summed E-state index contributed by atoms with van der Waals surface area (Å²) in [7, 11) is 0. The fraction of sp³-hybridized carbons (Fsp3) is 0.0833. The molecule has 388 valence electrons. The van der Waals surface area contributed by atoms with Gasteiger partial charge >= 0.3 is 0 Å². The van der Waals surface area contributed by atoms with Crippen molar-refractivity contribution in [2.45, 2.75) is 39.5 Å². The number of pyridine rings is 1. The number of benzene rings is 10. The zero-order chi connectivity index (χ0) is 65.7. The molecule has 12 aromatic rings. The van der Waals surface area contributed by atoms with Crippen molar-refractivity contribution in [3.8, 4) is 73.3 Å². The van der Waals surface area contributed by atoms with Crippen molar-refractivity contribution >= 4 is 44.6 Å². The number of rotatable bonds is 13. The van der Waals surface area contributed by atoms with E-state index < -0.39 is 78.6 Å². The molecule has 0 N–H and O–H groups in total. The summed E-state index contributed by atoms with van der Waals surface area (Å²) in [5.41, 5.74) is 7.15. The first-order valence-corrected chi connectivity index (χ1v) is 25.5. The summed E-state index contributed by atoms with van der Waals surface area (Å²) in [5.74, 6) is 2.04. The zero-order valence-electron chi connectivity index (χ0n) is 58.1. The molecule has 79 heavy (non-hydrogen) atoms. The first-order chi connectivity index (χ1) is 44.5. The summed E-state index contributed by atoms with van der Waals surface area (Å²) in [6.45, 7) is 10.2. The molecule has 0 aliphatic carbocycles. The van der Waals surface area contributed by atoms with Gasteiger partial charge in [0.15, 0.2) is 0 Å². The fourth-order valence-corrected chi connectivity index (χ4v) is 10.0. The minimum Gasteiger partial charge on any atom is -0.509 e. The first kappa shape index (κ1) is 36.2. The number of nitrogens with zero attached hydrogens (tertiary/aromatic N) is 4. The number of anilines is 4. The third kappa shape index (κ3) is 9.79. The topological polar surface area (TPSA) is 42.8 Å². The third-order valence-electron chi connectivity index (χ3n) is 13.8.